The Balaban J connectivity index is 1.96. The molecule has 0 aliphatic carbocycles. The molecule has 0 radical (unpaired) electrons. The first kappa shape index (κ1) is 18.8. The number of halogens is 1. The number of hydrogen-bond acceptors (Lipinski definition) is 3. The van der Waals surface area contributed by atoms with Crippen molar-refractivity contribution in [3.63, 3.8) is 0 Å². The SMILES string of the molecule is CCc1ccc(S(=O)(=O)N/N=C(/c2ccccc2)c2ccc(F)cc2)cc1. The third kappa shape index (κ3) is 4.60. The van der Waals surface area contributed by atoms with Gasteiger partial charge in [0, 0.05) is 11.1 Å². The molecular weight excluding hydrogens is 363 g/mol. The molecule has 1 N–H and O–H groups in total. The van der Waals surface area contributed by atoms with Crippen LogP contribution in [0.2, 0.25) is 0 Å². The Kier molecular flexibility index (Phi) is 5.66. The van der Waals surface area contributed by atoms with Crippen LogP contribution in [-0.4, -0.2) is 14.1 Å². The molecule has 0 amide bonds. The van der Waals surface area contributed by atoms with Crippen LogP contribution in [-0.2, 0) is 16.4 Å². The molecule has 0 spiro atoms. The number of sulfonamides is 1. The lowest BCUT2D eigenvalue weighted by Gasteiger charge is -2.09. The Morgan fingerprint density at radius 3 is 2.07 bits per heavy atom. The largest absolute Gasteiger partial charge is 0.276 e. The molecule has 0 atom stereocenters. The summed E-state index contributed by atoms with van der Waals surface area (Å²) in [5.41, 5.74) is 2.78. The molecule has 0 saturated carbocycles. The van der Waals surface area contributed by atoms with Crippen LogP contribution in [0.5, 0.6) is 0 Å². The molecule has 0 heterocycles. The lowest BCUT2D eigenvalue weighted by atomic mass is 10.0. The van der Waals surface area contributed by atoms with Gasteiger partial charge in [-0.2, -0.15) is 18.4 Å². The Morgan fingerprint density at radius 1 is 0.889 bits per heavy atom. The molecule has 3 aromatic carbocycles. The van der Waals surface area contributed by atoms with Gasteiger partial charge in [-0.1, -0.05) is 49.4 Å². The molecule has 0 fully saturated rings. The second kappa shape index (κ2) is 8.14. The van der Waals surface area contributed by atoms with E-state index in [2.05, 4.69) is 9.93 Å². The molecule has 27 heavy (non-hydrogen) atoms. The Morgan fingerprint density at radius 2 is 1.48 bits per heavy atom. The summed E-state index contributed by atoms with van der Waals surface area (Å²) in [4.78, 5) is 2.43. The van der Waals surface area contributed by atoms with Gasteiger partial charge in [-0.25, -0.2) is 4.39 Å². The van der Waals surface area contributed by atoms with Crippen LogP contribution in [0.15, 0.2) is 88.9 Å². The van der Waals surface area contributed by atoms with Crippen LogP contribution in [0.3, 0.4) is 0 Å². The number of nitrogens with zero attached hydrogens (tertiary/aromatic N) is 1. The molecule has 0 aromatic heterocycles. The maximum Gasteiger partial charge on any atom is 0.276 e. The maximum absolute atomic E-state index is 13.3. The zero-order chi connectivity index (χ0) is 19.3. The second-order valence-electron chi connectivity index (χ2n) is 5.93. The van der Waals surface area contributed by atoms with Crippen molar-refractivity contribution in [2.24, 2.45) is 5.10 Å². The Hall–Kier alpha value is -2.99. The van der Waals surface area contributed by atoms with E-state index < -0.39 is 10.0 Å². The van der Waals surface area contributed by atoms with Crippen molar-refractivity contribution < 1.29 is 12.8 Å². The molecule has 0 aliphatic rings. The minimum atomic E-state index is -3.82. The molecular formula is C21H19FN2O2S. The number of aryl methyl sites for hydroxylation is 1. The van der Waals surface area contributed by atoms with Gasteiger partial charge < -0.3 is 0 Å². The highest BCUT2D eigenvalue weighted by molar-refractivity contribution is 7.89. The normalized spacial score (nSPS) is 12.0. The predicted octanol–water partition coefficient (Wildman–Crippen LogP) is 4.12. The summed E-state index contributed by atoms with van der Waals surface area (Å²) in [5.74, 6) is -0.372. The second-order valence-corrected chi connectivity index (χ2v) is 7.59. The monoisotopic (exact) mass is 382 g/mol. The fraction of sp³-hybridized carbons (Fsp3) is 0.0952. The molecule has 0 saturated heterocycles. The van der Waals surface area contributed by atoms with Crippen LogP contribution in [0.25, 0.3) is 0 Å². The zero-order valence-electron chi connectivity index (χ0n) is 14.8. The van der Waals surface area contributed by atoms with Gasteiger partial charge in [0.2, 0.25) is 0 Å². The summed E-state index contributed by atoms with van der Waals surface area (Å²) >= 11 is 0. The van der Waals surface area contributed by atoms with Gasteiger partial charge in [-0.3, -0.25) is 0 Å². The van der Waals surface area contributed by atoms with E-state index >= 15 is 0 Å². The average Bonchev–Trinajstić information content (AvgIpc) is 2.70. The van der Waals surface area contributed by atoms with Gasteiger partial charge in [0.25, 0.3) is 10.0 Å². The van der Waals surface area contributed by atoms with Crippen molar-refractivity contribution in [3.8, 4) is 0 Å². The number of rotatable bonds is 6. The van der Waals surface area contributed by atoms with Crippen LogP contribution < -0.4 is 4.83 Å². The molecule has 3 aromatic rings. The minimum absolute atomic E-state index is 0.134. The van der Waals surface area contributed by atoms with Gasteiger partial charge in [-0.05, 0) is 48.4 Å². The topological polar surface area (TPSA) is 58.5 Å². The number of hydrogen-bond donors (Lipinski definition) is 1. The fourth-order valence-corrected chi connectivity index (χ4v) is 3.37. The molecule has 0 aliphatic heterocycles. The van der Waals surface area contributed by atoms with Crippen molar-refractivity contribution >= 4 is 15.7 Å². The van der Waals surface area contributed by atoms with Gasteiger partial charge in [-0.15, -0.1) is 0 Å². The van der Waals surface area contributed by atoms with E-state index in [4.69, 9.17) is 0 Å². The molecule has 3 rings (SSSR count). The summed E-state index contributed by atoms with van der Waals surface area (Å²) < 4.78 is 38.4. The van der Waals surface area contributed by atoms with E-state index in [0.717, 1.165) is 12.0 Å². The van der Waals surface area contributed by atoms with Crippen LogP contribution in [0, 0.1) is 5.82 Å². The van der Waals surface area contributed by atoms with Gasteiger partial charge in [0.05, 0.1) is 10.6 Å². The predicted molar refractivity (Wildman–Crippen MR) is 105 cm³/mol. The summed E-state index contributed by atoms with van der Waals surface area (Å²) in [6.45, 7) is 2.00. The highest BCUT2D eigenvalue weighted by Crippen LogP contribution is 2.14. The van der Waals surface area contributed by atoms with Gasteiger partial charge in [0.1, 0.15) is 5.82 Å². The maximum atomic E-state index is 13.3. The number of nitrogens with one attached hydrogen (secondary N) is 1. The first-order valence-electron chi connectivity index (χ1n) is 8.49. The minimum Gasteiger partial charge on any atom is -0.207 e. The van der Waals surface area contributed by atoms with E-state index in [1.54, 1.807) is 36.4 Å². The molecule has 6 heteroatoms. The van der Waals surface area contributed by atoms with E-state index in [1.165, 1.54) is 12.1 Å². The first-order chi connectivity index (χ1) is 13.0. The van der Waals surface area contributed by atoms with Crippen molar-refractivity contribution in [1.82, 2.24) is 4.83 Å². The Bertz CT molecular complexity index is 1030. The highest BCUT2D eigenvalue weighted by atomic mass is 32.2. The fourth-order valence-electron chi connectivity index (χ4n) is 2.56. The van der Waals surface area contributed by atoms with Gasteiger partial charge >= 0.3 is 0 Å². The van der Waals surface area contributed by atoms with Crippen molar-refractivity contribution in [2.75, 3.05) is 0 Å². The van der Waals surface area contributed by atoms with E-state index in [0.29, 0.717) is 16.8 Å². The zero-order valence-corrected chi connectivity index (χ0v) is 15.6. The lowest BCUT2D eigenvalue weighted by molar-refractivity contribution is 0.584. The van der Waals surface area contributed by atoms with Gasteiger partial charge in [0.15, 0.2) is 0 Å². The van der Waals surface area contributed by atoms with Crippen LogP contribution >= 0.6 is 0 Å². The van der Waals surface area contributed by atoms with Crippen LogP contribution in [0.1, 0.15) is 23.6 Å². The highest BCUT2D eigenvalue weighted by Gasteiger charge is 2.14. The molecule has 4 nitrogen and oxygen atoms in total. The summed E-state index contributed by atoms with van der Waals surface area (Å²) in [7, 11) is -3.82. The van der Waals surface area contributed by atoms with Crippen LogP contribution in [0.4, 0.5) is 4.39 Å². The third-order valence-electron chi connectivity index (χ3n) is 4.08. The van der Waals surface area contributed by atoms with Crippen molar-refractivity contribution in [2.45, 2.75) is 18.2 Å². The Labute approximate surface area is 158 Å². The third-order valence-corrected chi connectivity index (χ3v) is 5.31. The smallest absolute Gasteiger partial charge is 0.207 e. The van der Waals surface area contributed by atoms with E-state index in [1.807, 2.05) is 37.3 Å². The molecule has 138 valence electrons. The summed E-state index contributed by atoms with van der Waals surface area (Å²) in [6, 6.07) is 21.5. The molecule has 0 bridgehead atoms. The number of hydrazone groups is 1. The quantitative estimate of drug-likeness (QED) is 0.515. The van der Waals surface area contributed by atoms with E-state index in [-0.39, 0.29) is 10.7 Å². The van der Waals surface area contributed by atoms with E-state index in [9.17, 15) is 12.8 Å². The van der Waals surface area contributed by atoms with Crippen molar-refractivity contribution in [3.05, 3.63) is 101 Å². The average molecular weight is 382 g/mol. The summed E-state index contributed by atoms with van der Waals surface area (Å²) in [6.07, 6.45) is 0.828. The van der Waals surface area contributed by atoms with Crippen molar-refractivity contribution in [1.29, 1.82) is 0 Å². The standard InChI is InChI=1S/C21H19FN2O2S/c1-2-16-8-14-20(15-9-16)27(25,26)24-23-21(17-6-4-3-5-7-17)18-10-12-19(22)13-11-18/h3-15,24H,2H2,1H3/b23-21-. The number of benzene rings is 3. The lowest BCUT2D eigenvalue weighted by Crippen LogP contribution is -2.21. The molecule has 0 unspecified atom stereocenters. The first-order valence-corrected chi connectivity index (χ1v) is 9.98. The summed E-state index contributed by atoms with van der Waals surface area (Å²) in [5, 5.41) is 4.14.